The molecule has 0 spiro atoms. The van der Waals surface area contributed by atoms with Crippen LogP contribution < -0.4 is 5.73 Å². The molecule has 18 heavy (non-hydrogen) atoms. The molecule has 0 bridgehead atoms. The first-order valence-electron chi connectivity index (χ1n) is 7.22. The number of hydrogen-bond donors (Lipinski definition) is 1. The zero-order valence-corrected chi connectivity index (χ0v) is 12.7. The molecule has 1 rings (SSSR count). The van der Waals surface area contributed by atoms with Crippen LogP contribution in [0.2, 0.25) is 0 Å². The van der Waals surface area contributed by atoms with Crippen molar-refractivity contribution < 1.29 is 4.79 Å². The van der Waals surface area contributed by atoms with Crippen molar-refractivity contribution in [2.75, 3.05) is 13.1 Å². The SMILES string of the molecule is CC(CC(=O)N1CC(CN)CC1C)CC(C)(C)C. The zero-order valence-electron chi connectivity index (χ0n) is 12.7. The Bertz CT molecular complexity index is 283. The van der Waals surface area contributed by atoms with Crippen molar-refractivity contribution in [1.29, 1.82) is 0 Å². The van der Waals surface area contributed by atoms with E-state index in [1.54, 1.807) is 0 Å². The molecule has 1 aliphatic heterocycles. The van der Waals surface area contributed by atoms with Crippen molar-refractivity contribution in [3.63, 3.8) is 0 Å². The summed E-state index contributed by atoms with van der Waals surface area (Å²) in [5.41, 5.74) is 6.01. The van der Waals surface area contributed by atoms with E-state index < -0.39 is 0 Å². The number of nitrogens with zero attached hydrogens (tertiary/aromatic N) is 1. The van der Waals surface area contributed by atoms with E-state index in [1.165, 1.54) is 0 Å². The van der Waals surface area contributed by atoms with Gasteiger partial charge in [-0.25, -0.2) is 0 Å². The summed E-state index contributed by atoms with van der Waals surface area (Å²) in [7, 11) is 0. The summed E-state index contributed by atoms with van der Waals surface area (Å²) in [5, 5.41) is 0. The fourth-order valence-electron chi connectivity index (χ4n) is 3.19. The molecular weight excluding hydrogens is 224 g/mol. The summed E-state index contributed by atoms with van der Waals surface area (Å²) in [6.45, 7) is 12.6. The van der Waals surface area contributed by atoms with E-state index in [0.29, 0.717) is 42.2 Å². The van der Waals surface area contributed by atoms with Crippen LogP contribution in [-0.4, -0.2) is 29.9 Å². The third-order valence-electron chi connectivity index (χ3n) is 3.80. The highest BCUT2D eigenvalue weighted by Gasteiger charge is 2.32. The Morgan fingerprint density at radius 2 is 2.06 bits per heavy atom. The monoisotopic (exact) mass is 254 g/mol. The molecule has 3 heteroatoms. The highest BCUT2D eigenvalue weighted by Crippen LogP contribution is 2.28. The maximum Gasteiger partial charge on any atom is 0.223 e. The van der Waals surface area contributed by atoms with Crippen LogP contribution >= 0.6 is 0 Å². The molecule has 1 heterocycles. The van der Waals surface area contributed by atoms with Crippen molar-refractivity contribution in [1.82, 2.24) is 4.90 Å². The first kappa shape index (κ1) is 15.5. The summed E-state index contributed by atoms with van der Waals surface area (Å²) in [5.74, 6) is 1.28. The zero-order chi connectivity index (χ0) is 13.9. The molecule has 0 aromatic carbocycles. The van der Waals surface area contributed by atoms with Gasteiger partial charge in [0, 0.05) is 19.0 Å². The third kappa shape index (κ3) is 4.60. The van der Waals surface area contributed by atoms with Crippen molar-refractivity contribution in [2.45, 2.75) is 59.9 Å². The summed E-state index contributed by atoms with van der Waals surface area (Å²) in [4.78, 5) is 14.3. The number of amides is 1. The van der Waals surface area contributed by atoms with E-state index in [1.807, 2.05) is 4.90 Å². The van der Waals surface area contributed by atoms with Crippen LogP contribution in [-0.2, 0) is 4.79 Å². The highest BCUT2D eigenvalue weighted by molar-refractivity contribution is 5.77. The van der Waals surface area contributed by atoms with Crippen LogP contribution in [0.3, 0.4) is 0 Å². The quantitative estimate of drug-likeness (QED) is 0.838. The van der Waals surface area contributed by atoms with Gasteiger partial charge in [-0.15, -0.1) is 0 Å². The largest absolute Gasteiger partial charge is 0.340 e. The Kier molecular flexibility index (Phi) is 5.20. The van der Waals surface area contributed by atoms with E-state index in [9.17, 15) is 4.79 Å². The lowest BCUT2D eigenvalue weighted by Gasteiger charge is -2.26. The number of nitrogens with two attached hydrogens (primary N) is 1. The van der Waals surface area contributed by atoms with Gasteiger partial charge in [0.05, 0.1) is 0 Å². The van der Waals surface area contributed by atoms with Crippen LogP contribution in [0.25, 0.3) is 0 Å². The summed E-state index contributed by atoms with van der Waals surface area (Å²) < 4.78 is 0. The second-order valence-corrected chi connectivity index (χ2v) is 7.31. The maximum atomic E-state index is 12.3. The fraction of sp³-hybridized carbons (Fsp3) is 0.933. The van der Waals surface area contributed by atoms with Gasteiger partial charge in [-0.2, -0.15) is 0 Å². The van der Waals surface area contributed by atoms with Crippen LogP contribution in [0, 0.1) is 17.3 Å². The van der Waals surface area contributed by atoms with Gasteiger partial charge in [0.2, 0.25) is 5.91 Å². The molecular formula is C15H30N2O. The highest BCUT2D eigenvalue weighted by atomic mass is 16.2. The predicted octanol–water partition coefficient (Wildman–Crippen LogP) is 2.64. The van der Waals surface area contributed by atoms with Crippen molar-refractivity contribution in [3.8, 4) is 0 Å². The van der Waals surface area contributed by atoms with Gasteiger partial charge in [-0.3, -0.25) is 4.79 Å². The molecule has 1 fully saturated rings. The van der Waals surface area contributed by atoms with E-state index in [4.69, 9.17) is 5.73 Å². The third-order valence-corrected chi connectivity index (χ3v) is 3.80. The smallest absolute Gasteiger partial charge is 0.223 e. The van der Waals surface area contributed by atoms with Crippen molar-refractivity contribution in [2.24, 2.45) is 23.0 Å². The van der Waals surface area contributed by atoms with Crippen LogP contribution in [0.15, 0.2) is 0 Å². The lowest BCUT2D eigenvalue weighted by atomic mass is 9.84. The van der Waals surface area contributed by atoms with E-state index in [0.717, 1.165) is 19.4 Å². The predicted molar refractivity (Wildman–Crippen MR) is 76.2 cm³/mol. The molecule has 2 N–H and O–H groups in total. The van der Waals surface area contributed by atoms with Crippen molar-refractivity contribution in [3.05, 3.63) is 0 Å². The maximum absolute atomic E-state index is 12.3. The Labute approximate surface area is 112 Å². The Morgan fingerprint density at radius 3 is 2.50 bits per heavy atom. The topological polar surface area (TPSA) is 46.3 Å². The number of hydrogen-bond acceptors (Lipinski definition) is 2. The first-order chi connectivity index (χ1) is 8.23. The van der Waals surface area contributed by atoms with Gasteiger partial charge in [0.25, 0.3) is 0 Å². The molecule has 0 saturated carbocycles. The molecule has 3 nitrogen and oxygen atoms in total. The van der Waals surface area contributed by atoms with Crippen molar-refractivity contribution >= 4 is 5.91 Å². The molecule has 1 aliphatic rings. The Hall–Kier alpha value is -0.570. The minimum atomic E-state index is 0.302. The fourth-order valence-corrected chi connectivity index (χ4v) is 3.19. The molecule has 0 aromatic rings. The molecule has 0 aliphatic carbocycles. The van der Waals surface area contributed by atoms with Crippen LogP contribution in [0.5, 0.6) is 0 Å². The minimum absolute atomic E-state index is 0.302. The van der Waals surface area contributed by atoms with E-state index in [2.05, 4.69) is 34.6 Å². The van der Waals surface area contributed by atoms with Crippen LogP contribution in [0.1, 0.15) is 53.9 Å². The summed E-state index contributed by atoms with van der Waals surface area (Å²) in [6, 6.07) is 0.368. The standard InChI is InChI=1S/C15H30N2O/c1-11(8-15(3,4)5)6-14(18)17-10-13(9-16)7-12(17)2/h11-13H,6-10,16H2,1-5H3. The number of rotatable bonds is 4. The molecule has 1 saturated heterocycles. The first-order valence-corrected chi connectivity index (χ1v) is 7.22. The lowest BCUT2D eigenvalue weighted by Crippen LogP contribution is -2.35. The second kappa shape index (κ2) is 6.05. The van der Waals surface area contributed by atoms with Gasteiger partial charge in [-0.1, -0.05) is 27.7 Å². The van der Waals surface area contributed by atoms with Gasteiger partial charge in [0.1, 0.15) is 0 Å². The summed E-state index contributed by atoms with van der Waals surface area (Å²) in [6.07, 6.45) is 2.84. The molecule has 3 unspecified atom stereocenters. The molecule has 3 atom stereocenters. The molecule has 106 valence electrons. The normalized spacial score (nSPS) is 26.4. The number of carbonyl (C=O) groups excluding carboxylic acids is 1. The van der Waals surface area contributed by atoms with Gasteiger partial charge >= 0.3 is 0 Å². The number of carbonyl (C=O) groups is 1. The minimum Gasteiger partial charge on any atom is -0.340 e. The second-order valence-electron chi connectivity index (χ2n) is 7.31. The van der Waals surface area contributed by atoms with Gasteiger partial charge in [-0.05, 0) is 43.6 Å². The molecule has 0 radical (unpaired) electrons. The molecule has 1 amide bonds. The van der Waals surface area contributed by atoms with Crippen LogP contribution in [0.4, 0.5) is 0 Å². The van der Waals surface area contributed by atoms with E-state index in [-0.39, 0.29) is 0 Å². The van der Waals surface area contributed by atoms with Gasteiger partial charge in [0.15, 0.2) is 0 Å². The molecule has 0 aromatic heterocycles. The van der Waals surface area contributed by atoms with E-state index >= 15 is 0 Å². The van der Waals surface area contributed by atoms with Gasteiger partial charge < -0.3 is 10.6 Å². The Balaban J connectivity index is 2.46. The Morgan fingerprint density at radius 1 is 1.44 bits per heavy atom. The number of likely N-dealkylation sites (tertiary alicyclic amines) is 1. The lowest BCUT2D eigenvalue weighted by molar-refractivity contribution is -0.132. The summed E-state index contributed by atoms with van der Waals surface area (Å²) >= 11 is 0. The average molecular weight is 254 g/mol. The average Bonchev–Trinajstić information content (AvgIpc) is 2.56.